The van der Waals surface area contributed by atoms with Crippen LogP contribution in [0.4, 0.5) is 5.69 Å². The third kappa shape index (κ3) is 4.15. The van der Waals surface area contributed by atoms with Crippen LogP contribution in [0.5, 0.6) is 11.5 Å². The van der Waals surface area contributed by atoms with Crippen molar-refractivity contribution in [2.24, 2.45) is 0 Å². The number of benzene rings is 4. The quantitative estimate of drug-likeness (QED) is 0.154. The lowest BCUT2D eigenvalue weighted by molar-refractivity contribution is -0.132. The predicted molar refractivity (Wildman–Crippen MR) is 150 cm³/mol. The monoisotopic (exact) mass is 567 g/mol. The van der Waals surface area contributed by atoms with Gasteiger partial charge in [0.2, 0.25) is 0 Å². The summed E-state index contributed by atoms with van der Waals surface area (Å²) in [7, 11) is 2.75. The van der Waals surface area contributed by atoms with Gasteiger partial charge in [0, 0.05) is 10.7 Å². The standard InChI is InChI=1S/C29H20Cl3NO5/c1-37-27-20(14-21(31)28(38-2)23(27)32)25(34)22-24(19-9-5-7-15-6-3-4-8-18(15)19)33(29(36)26(22)35)17-12-10-16(30)11-13-17/h3-14,24,34H,1-2H3/b25-22+. The molecule has 0 aromatic heterocycles. The van der Waals surface area contributed by atoms with E-state index in [9.17, 15) is 14.7 Å². The fourth-order valence-corrected chi connectivity index (χ4v) is 5.59. The summed E-state index contributed by atoms with van der Waals surface area (Å²) < 4.78 is 10.7. The van der Waals surface area contributed by atoms with E-state index in [1.807, 2.05) is 42.5 Å². The zero-order valence-electron chi connectivity index (χ0n) is 20.2. The Balaban J connectivity index is 1.84. The van der Waals surface area contributed by atoms with Gasteiger partial charge >= 0.3 is 0 Å². The third-order valence-corrected chi connectivity index (χ3v) is 7.34. The Morgan fingerprint density at radius 1 is 0.868 bits per heavy atom. The minimum Gasteiger partial charge on any atom is -0.507 e. The smallest absolute Gasteiger partial charge is 0.300 e. The van der Waals surface area contributed by atoms with Gasteiger partial charge < -0.3 is 14.6 Å². The molecule has 1 heterocycles. The molecule has 5 rings (SSSR count). The minimum absolute atomic E-state index is 0.0118. The Morgan fingerprint density at radius 3 is 2.21 bits per heavy atom. The molecule has 0 aliphatic carbocycles. The van der Waals surface area contributed by atoms with E-state index in [-0.39, 0.29) is 32.7 Å². The van der Waals surface area contributed by atoms with Crippen molar-refractivity contribution in [3.05, 3.63) is 105 Å². The molecule has 1 saturated heterocycles. The molecule has 0 saturated carbocycles. The number of amides is 1. The number of aliphatic hydroxyl groups excluding tert-OH is 1. The van der Waals surface area contributed by atoms with Crippen LogP contribution in [0.15, 0.2) is 78.4 Å². The molecule has 1 fully saturated rings. The molecule has 1 aliphatic heterocycles. The van der Waals surface area contributed by atoms with Gasteiger partial charge in [-0.1, -0.05) is 77.3 Å². The molecule has 1 amide bonds. The van der Waals surface area contributed by atoms with Crippen molar-refractivity contribution in [3.63, 3.8) is 0 Å². The number of ketones is 1. The number of aliphatic hydroxyl groups is 1. The van der Waals surface area contributed by atoms with Gasteiger partial charge in [-0.05, 0) is 46.7 Å². The molecule has 1 unspecified atom stereocenters. The van der Waals surface area contributed by atoms with Gasteiger partial charge in [0.05, 0.1) is 36.4 Å². The molecule has 1 N–H and O–H groups in total. The molecule has 0 spiro atoms. The molecular weight excluding hydrogens is 549 g/mol. The molecular formula is C29H20Cl3NO5. The van der Waals surface area contributed by atoms with Gasteiger partial charge in [-0.3, -0.25) is 14.5 Å². The lowest BCUT2D eigenvalue weighted by atomic mass is 9.91. The molecule has 1 aliphatic rings. The van der Waals surface area contributed by atoms with Crippen LogP contribution in [-0.4, -0.2) is 31.0 Å². The summed E-state index contributed by atoms with van der Waals surface area (Å²) >= 11 is 18.9. The molecule has 4 aromatic carbocycles. The third-order valence-electron chi connectivity index (χ3n) is 6.46. The van der Waals surface area contributed by atoms with Crippen LogP contribution in [0, 0.1) is 0 Å². The zero-order chi connectivity index (χ0) is 27.1. The summed E-state index contributed by atoms with van der Waals surface area (Å²) in [5.41, 5.74) is 0.981. The highest BCUT2D eigenvalue weighted by atomic mass is 35.5. The first-order chi connectivity index (χ1) is 18.3. The summed E-state index contributed by atoms with van der Waals surface area (Å²) in [6.45, 7) is 0. The molecule has 1 atom stereocenters. The van der Waals surface area contributed by atoms with E-state index in [2.05, 4.69) is 0 Å². The topological polar surface area (TPSA) is 76.1 Å². The molecule has 9 heteroatoms. The summed E-state index contributed by atoms with van der Waals surface area (Å²) in [6, 6.07) is 20.1. The maximum Gasteiger partial charge on any atom is 0.300 e. The van der Waals surface area contributed by atoms with Gasteiger partial charge in [-0.2, -0.15) is 0 Å². The number of fused-ring (bicyclic) bond motifs is 1. The van der Waals surface area contributed by atoms with E-state index in [0.717, 1.165) is 10.8 Å². The van der Waals surface area contributed by atoms with Crippen molar-refractivity contribution in [2.45, 2.75) is 6.04 Å². The van der Waals surface area contributed by atoms with Crippen LogP contribution in [0.3, 0.4) is 0 Å². The largest absolute Gasteiger partial charge is 0.507 e. The first-order valence-corrected chi connectivity index (χ1v) is 12.6. The number of hydrogen-bond acceptors (Lipinski definition) is 5. The van der Waals surface area contributed by atoms with Gasteiger partial charge in [-0.15, -0.1) is 0 Å². The number of nitrogens with zero attached hydrogens (tertiary/aromatic N) is 1. The Morgan fingerprint density at radius 2 is 1.53 bits per heavy atom. The number of Topliss-reactive ketones (excluding diaryl/α,β-unsaturated/α-hetero) is 1. The molecule has 38 heavy (non-hydrogen) atoms. The lowest BCUT2D eigenvalue weighted by Crippen LogP contribution is -2.29. The Labute approximate surface area is 233 Å². The molecule has 4 aromatic rings. The van der Waals surface area contributed by atoms with E-state index in [1.165, 1.54) is 25.2 Å². The number of ether oxygens (including phenoxy) is 2. The highest BCUT2D eigenvalue weighted by Crippen LogP contribution is 2.48. The second kappa shape index (κ2) is 10.2. The van der Waals surface area contributed by atoms with Crippen molar-refractivity contribution in [1.29, 1.82) is 0 Å². The van der Waals surface area contributed by atoms with Crippen molar-refractivity contribution in [3.8, 4) is 11.5 Å². The van der Waals surface area contributed by atoms with Gasteiger partial charge in [-0.25, -0.2) is 0 Å². The van der Waals surface area contributed by atoms with Gasteiger partial charge in [0.25, 0.3) is 11.7 Å². The fourth-order valence-electron chi connectivity index (χ4n) is 4.78. The number of anilines is 1. The summed E-state index contributed by atoms with van der Waals surface area (Å²) in [5, 5.41) is 14.0. The second-order valence-corrected chi connectivity index (χ2v) is 9.72. The van der Waals surface area contributed by atoms with Crippen LogP contribution in [-0.2, 0) is 9.59 Å². The molecule has 192 valence electrons. The number of rotatable bonds is 5. The molecule has 0 radical (unpaired) electrons. The second-order valence-electron chi connectivity index (χ2n) is 8.50. The van der Waals surface area contributed by atoms with Crippen LogP contribution >= 0.6 is 34.8 Å². The number of carbonyl (C=O) groups is 2. The Hall–Kier alpha value is -3.71. The number of hydrogen-bond donors (Lipinski definition) is 1. The Bertz CT molecular complexity index is 1630. The van der Waals surface area contributed by atoms with Crippen LogP contribution < -0.4 is 14.4 Å². The summed E-state index contributed by atoms with van der Waals surface area (Å²) in [6.07, 6.45) is 0. The average Bonchev–Trinajstić information content (AvgIpc) is 3.18. The maximum atomic E-state index is 13.6. The van der Waals surface area contributed by atoms with Crippen molar-refractivity contribution in [1.82, 2.24) is 0 Å². The number of carbonyl (C=O) groups excluding carboxylic acids is 2. The zero-order valence-corrected chi connectivity index (χ0v) is 22.4. The minimum atomic E-state index is -0.980. The van der Waals surface area contributed by atoms with E-state index >= 15 is 0 Å². The van der Waals surface area contributed by atoms with E-state index in [0.29, 0.717) is 16.3 Å². The van der Waals surface area contributed by atoms with Crippen LogP contribution in [0.2, 0.25) is 15.1 Å². The van der Waals surface area contributed by atoms with Crippen LogP contribution in [0.25, 0.3) is 16.5 Å². The van der Waals surface area contributed by atoms with Crippen molar-refractivity contribution >= 4 is 68.7 Å². The van der Waals surface area contributed by atoms with Crippen molar-refractivity contribution < 1.29 is 24.2 Å². The van der Waals surface area contributed by atoms with E-state index < -0.39 is 23.5 Å². The first kappa shape index (κ1) is 25.9. The predicted octanol–water partition coefficient (Wildman–Crippen LogP) is 7.44. The average molecular weight is 569 g/mol. The normalized spacial score (nSPS) is 16.8. The lowest BCUT2D eigenvalue weighted by Gasteiger charge is -2.27. The maximum absolute atomic E-state index is 13.6. The highest BCUT2D eigenvalue weighted by Gasteiger charge is 2.47. The number of halogens is 3. The highest BCUT2D eigenvalue weighted by molar-refractivity contribution is 6.52. The van der Waals surface area contributed by atoms with E-state index in [1.54, 1.807) is 24.3 Å². The Kier molecular flexibility index (Phi) is 6.97. The summed E-state index contributed by atoms with van der Waals surface area (Å²) in [5.74, 6) is -1.98. The van der Waals surface area contributed by atoms with Crippen molar-refractivity contribution in [2.75, 3.05) is 19.1 Å². The van der Waals surface area contributed by atoms with Gasteiger partial charge in [0.1, 0.15) is 10.8 Å². The van der Waals surface area contributed by atoms with Crippen LogP contribution in [0.1, 0.15) is 17.2 Å². The molecule has 6 nitrogen and oxygen atoms in total. The SMILES string of the molecule is COc1c(Cl)cc(/C(O)=C2\C(=O)C(=O)N(c3ccc(Cl)cc3)C2c2cccc3ccccc23)c(OC)c1Cl. The fraction of sp³-hybridized carbons (Fsp3) is 0.103. The first-order valence-electron chi connectivity index (χ1n) is 11.4. The van der Waals surface area contributed by atoms with E-state index in [4.69, 9.17) is 44.3 Å². The van der Waals surface area contributed by atoms with Gasteiger partial charge in [0.15, 0.2) is 11.5 Å². The molecule has 0 bridgehead atoms. The number of methoxy groups -OCH3 is 2. The summed E-state index contributed by atoms with van der Waals surface area (Å²) in [4.78, 5) is 28.5.